The smallest absolute Gasteiger partial charge is 0.251 e. The molecule has 3 aliphatic rings. The van der Waals surface area contributed by atoms with Gasteiger partial charge in [-0.3, -0.25) is 14.4 Å². The Hall–Kier alpha value is -2.17. The molecule has 4 rings (SSSR count). The Kier molecular flexibility index (Phi) is 8.21. The van der Waals surface area contributed by atoms with Gasteiger partial charge in [-0.2, -0.15) is 0 Å². The third-order valence-corrected chi connectivity index (χ3v) is 7.96. The average molecular weight is 453 g/mol. The van der Waals surface area contributed by atoms with Crippen molar-refractivity contribution in [2.24, 2.45) is 11.8 Å². The summed E-state index contributed by atoms with van der Waals surface area (Å²) in [6, 6.07) is 7.46. The summed E-state index contributed by atoms with van der Waals surface area (Å²) in [5.41, 5.74) is 1.74. The normalized spacial score (nSPS) is 22.6. The van der Waals surface area contributed by atoms with Crippen molar-refractivity contribution in [1.82, 2.24) is 10.2 Å². The number of carbonyl (C=O) groups excluding carboxylic acids is 3. The van der Waals surface area contributed by atoms with Crippen molar-refractivity contribution >= 4 is 17.6 Å². The van der Waals surface area contributed by atoms with Crippen molar-refractivity contribution in [2.45, 2.75) is 95.9 Å². The Morgan fingerprint density at radius 1 is 1.03 bits per heavy atom. The molecule has 2 atom stereocenters. The van der Waals surface area contributed by atoms with E-state index in [0.29, 0.717) is 18.4 Å². The van der Waals surface area contributed by atoms with Crippen LogP contribution in [0.2, 0.25) is 0 Å². The SMILES string of the molecule is CCC(=O)C(NC(=O)c1cccc(C2CCCN(C(=O)CCC3CC3)C2)c1)C1CCCCC1. The fourth-order valence-electron chi connectivity index (χ4n) is 5.68. The maximum atomic E-state index is 13.2. The first kappa shape index (κ1) is 24.0. The van der Waals surface area contributed by atoms with Crippen molar-refractivity contribution in [1.29, 1.82) is 0 Å². The van der Waals surface area contributed by atoms with Crippen LogP contribution < -0.4 is 5.32 Å². The van der Waals surface area contributed by atoms with Gasteiger partial charge in [-0.1, -0.05) is 51.2 Å². The van der Waals surface area contributed by atoms with E-state index in [9.17, 15) is 14.4 Å². The molecule has 2 unspecified atom stereocenters. The van der Waals surface area contributed by atoms with Gasteiger partial charge < -0.3 is 10.2 Å². The summed E-state index contributed by atoms with van der Waals surface area (Å²) < 4.78 is 0. The molecule has 180 valence electrons. The number of Topliss-reactive ketones (excluding diaryl/α,β-unsaturated/α-hetero) is 1. The predicted octanol–water partition coefficient (Wildman–Crippen LogP) is 5.24. The Balaban J connectivity index is 1.40. The third kappa shape index (κ3) is 6.45. The lowest BCUT2D eigenvalue weighted by Crippen LogP contribution is -2.46. The van der Waals surface area contributed by atoms with E-state index in [1.54, 1.807) is 0 Å². The molecule has 0 bridgehead atoms. The maximum Gasteiger partial charge on any atom is 0.251 e. The van der Waals surface area contributed by atoms with Gasteiger partial charge in [0.1, 0.15) is 0 Å². The molecule has 1 aromatic rings. The average Bonchev–Trinajstić information content (AvgIpc) is 3.70. The summed E-state index contributed by atoms with van der Waals surface area (Å²) in [7, 11) is 0. The molecule has 0 spiro atoms. The first-order chi connectivity index (χ1) is 16.0. The second kappa shape index (κ2) is 11.3. The fraction of sp³-hybridized carbons (Fsp3) is 0.679. The molecule has 5 heteroatoms. The number of hydrogen-bond donors (Lipinski definition) is 1. The van der Waals surface area contributed by atoms with E-state index in [-0.39, 0.29) is 35.5 Å². The van der Waals surface area contributed by atoms with Crippen LogP contribution in [-0.4, -0.2) is 41.6 Å². The lowest BCUT2D eigenvalue weighted by molar-refractivity contribution is -0.132. The largest absolute Gasteiger partial charge is 0.342 e. The highest BCUT2D eigenvalue weighted by atomic mass is 16.2. The Labute approximate surface area is 198 Å². The van der Waals surface area contributed by atoms with Crippen molar-refractivity contribution in [3.8, 4) is 0 Å². The van der Waals surface area contributed by atoms with Crippen LogP contribution in [0.15, 0.2) is 24.3 Å². The standard InChI is InChI=1S/C28H40N2O3/c1-2-25(31)27(21-8-4-3-5-9-21)29-28(33)23-11-6-10-22(18-23)24-12-7-17-30(19-24)26(32)16-15-20-13-14-20/h6,10-11,18,20-21,24,27H,2-5,7-9,12-17,19H2,1H3,(H,29,33). The van der Waals surface area contributed by atoms with Crippen LogP contribution in [-0.2, 0) is 9.59 Å². The van der Waals surface area contributed by atoms with Gasteiger partial charge in [0.2, 0.25) is 5.91 Å². The van der Waals surface area contributed by atoms with Gasteiger partial charge in [-0.05, 0) is 61.6 Å². The molecule has 1 aromatic carbocycles. The summed E-state index contributed by atoms with van der Waals surface area (Å²) in [4.78, 5) is 40.5. The van der Waals surface area contributed by atoms with Gasteiger partial charge in [-0.15, -0.1) is 0 Å². The molecule has 2 aliphatic carbocycles. The van der Waals surface area contributed by atoms with E-state index >= 15 is 0 Å². The zero-order valence-corrected chi connectivity index (χ0v) is 20.2. The van der Waals surface area contributed by atoms with E-state index in [2.05, 4.69) is 11.4 Å². The zero-order chi connectivity index (χ0) is 23.2. The third-order valence-electron chi connectivity index (χ3n) is 7.96. The molecule has 0 radical (unpaired) electrons. The quantitative estimate of drug-likeness (QED) is 0.557. The van der Waals surface area contributed by atoms with Gasteiger partial charge >= 0.3 is 0 Å². The molecule has 1 aliphatic heterocycles. The molecule has 2 saturated carbocycles. The number of carbonyl (C=O) groups is 3. The van der Waals surface area contributed by atoms with Gasteiger partial charge in [0.15, 0.2) is 5.78 Å². The molecule has 33 heavy (non-hydrogen) atoms. The molecule has 2 amide bonds. The monoisotopic (exact) mass is 452 g/mol. The summed E-state index contributed by atoms with van der Waals surface area (Å²) in [6.07, 6.45) is 12.3. The molecule has 0 aromatic heterocycles. The number of benzene rings is 1. The summed E-state index contributed by atoms with van der Waals surface area (Å²) in [5, 5.41) is 3.09. The van der Waals surface area contributed by atoms with Crippen LogP contribution in [0.3, 0.4) is 0 Å². The highest BCUT2D eigenvalue weighted by molar-refractivity contribution is 5.98. The zero-order valence-electron chi connectivity index (χ0n) is 20.2. The van der Waals surface area contributed by atoms with Crippen LogP contribution in [0, 0.1) is 11.8 Å². The molecule has 3 fully saturated rings. The van der Waals surface area contributed by atoms with Crippen molar-refractivity contribution in [3.05, 3.63) is 35.4 Å². The van der Waals surface area contributed by atoms with Crippen LogP contribution >= 0.6 is 0 Å². The minimum atomic E-state index is -0.374. The number of ketones is 1. The predicted molar refractivity (Wildman–Crippen MR) is 130 cm³/mol. The van der Waals surface area contributed by atoms with Crippen molar-refractivity contribution in [3.63, 3.8) is 0 Å². The second-order valence-electron chi connectivity index (χ2n) is 10.5. The first-order valence-electron chi connectivity index (χ1n) is 13.3. The number of piperidine rings is 1. The Morgan fingerprint density at radius 2 is 1.82 bits per heavy atom. The molecule has 1 N–H and O–H groups in total. The fourth-order valence-corrected chi connectivity index (χ4v) is 5.68. The second-order valence-corrected chi connectivity index (χ2v) is 10.5. The minimum absolute atomic E-state index is 0.138. The highest BCUT2D eigenvalue weighted by Gasteiger charge is 2.31. The highest BCUT2D eigenvalue weighted by Crippen LogP contribution is 2.34. The van der Waals surface area contributed by atoms with Crippen molar-refractivity contribution in [2.75, 3.05) is 13.1 Å². The molecule has 5 nitrogen and oxygen atoms in total. The molecule has 1 heterocycles. The van der Waals surface area contributed by atoms with Crippen LogP contribution in [0.25, 0.3) is 0 Å². The Morgan fingerprint density at radius 3 is 2.55 bits per heavy atom. The maximum absolute atomic E-state index is 13.2. The molecular formula is C28H40N2O3. The van der Waals surface area contributed by atoms with Gasteiger partial charge in [-0.25, -0.2) is 0 Å². The Bertz CT molecular complexity index is 841. The van der Waals surface area contributed by atoms with E-state index in [1.165, 1.54) is 19.3 Å². The lowest BCUT2D eigenvalue weighted by atomic mass is 9.81. The molecular weight excluding hydrogens is 412 g/mol. The number of nitrogens with one attached hydrogen (secondary N) is 1. The molecule has 1 saturated heterocycles. The number of rotatable bonds is 9. The number of nitrogens with zero attached hydrogens (tertiary/aromatic N) is 1. The lowest BCUT2D eigenvalue weighted by Gasteiger charge is -2.33. The van der Waals surface area contributed by atoms with E-state index < -0.39 is 0 Å². The first-order valence-corrected chi connectivity index (χ1v) is 13.3. The van der Waals surface area contributed by atoms with Gasteiger partial charge in [0.05, 0.1) is 6.04 Å². The minimum Gasteiger partial charge on any atom is -0.342 e. The van der Waals surface area contributed by atoms with Gasteiger partial charge in [0.25, 0.3) is 5.91 Å². The topological polar surface area (TPSA) is 66.5 Å². The van der Waals surface area contributed by atoms with Gasteiger partial charge in [0, 0.05) is 37.4 Å². The van der Waals surface area contributed by atoms with E-state index in [1.807, 2.05) is 30.0 Å². The summed E-state index contributed by atoms with van der Waals surface area (Å²) in [5.74, 6) is 1.58. The van der Waals surface area contributed by atoms with Crippen LogP contribution in [0.1, 0.15) is 106 Å². The van der Waals surface area contributed by atoms with E-state index in [0.717, 1.165) is 69.5 Å². The van der Waals surface area contributed by atoms with Crippen LogP contribution in [0.5, 0.6) is 0 Å². The van der Waals surface area contributed by atoms with Crippen LogP contribution in [0.4, 0.5) is 0 Å². The number of likely N-dealkylation sites (tertiary alicyclic amines) is 1. The van der Waals surface area contributed by atoms with E-state index in [4.69, 9.17) is 0 Å². The number of hydrogen-bond acceptors (Lipinski definition) is 3. The summed E-state index contributed by atoms with van der Waals surface area (Å²) in [6.45, 7) is 3.47. The number of amides is 2. The summed E-state index contributed by atoms with van der Waals surface area (Å²) >= 11 is 0. The van der Waals surface area contributed by atoms with Crippen molar-refractivity contribution < 1.29 is 14.4 Å².